The van der Waals surface area contributed by atoms with Gasteiger partial charge in [-0.2, -0.15) is 0 Å². The van der Waals surface area contributed by atoms with Gasteiger partial charge in [-0.25, -0.2) is 0 Å². The molecule has 118 valence electrons. The summed E-state index contributed by atoms with van der Waals surface area (Å²) < 4.78 is 11.3. The van der Waals surface area contributed by atoms with Crippen LogP contribution in [0, 0.1) is 6.92 Å². The zero-order valence-electron chi connectivity index (χ0n) is 13.5. The third kappa shape index (κ3) is 5.68. The lowest BCUT2D eigenvalue weighted by molar-refractivity contribution is 0.0273. The fourth-order valence-corrected chi connectivity index (χ4v) is 2.95. The van der Waals surface area contributed by atoms with E-state index in [1.165, 1.54) is 43.2 Å². The summed E-state index contributed by atoms with van der Waals surface area (Å²) in [6, 6.07) is 6.31. The lowest BCUT2D eigenvalue weighted by Gasteiger charge is -2.22. The van der Waals surface area contributed by atoms with E-state index in [0.29, 0.717) is 6.10 Å². The molecular formula is C18H29NO2. The number of nitrogens with one attached hydrogen (secondary N) is 1. The summed E-state index contributed by atoms with van der Waals surface area (Å²) in [5.74, 6) is 0.964. The predicted molar refractivity (Wildman–Crippen MR) is 86.9 cm³/mol. The van der Waals surface area contributed by atoms with Crippen molar-refractivity contribution in [3.8, 4) is 5.75 Å². The molecular weight excluding hydrogens is 262 g/mol. The van der Waals surface area contributed by atoms with Crippen LogP contribution in [-0.2, 0) is 11.3 Å². The van der Waals surface area contributed by atoms with Gasteiger partial charge in [0.25, 0.3) is 0 Å². The van der Waals surface area contributed by atoms with Crippen LogP contribution >= 0.6 is 0 Å². The maximum atomic E-state index is 5.93. The highest BCUT2D eigenvalue weighted by molar-refractivity contribution is 5.36. The number of benzene rings is 1. The zero-order chi connectivity index (χ0) is 14.9. The molecule has 1 saturated carbocycles. The smallest absolute Gasteiger partial charge is 0.123 e. The quantitative estimate of drug-likeness (QED) is 0.738. The Kier molecular flexibility index (Phi) is 7.04. The van der Waals surface area contributed by atoms with E-state index in [-0.39, 0.29) is 0 Å². The molecule has 1 N–H and O–H groups in total. The van der Waals surface area contributed by atoms with Gasteiger partial charge in [0.15, 0.2) is 0 Å². The fourth-order valence-electron chi connectivity index (χ4n) is 2.95. The van der Waals surface area contributed by atoms with Gasteiger partial charge in [-0.15, -0.1) is 0 Å². The van der Waals surface area contributed by atoms with Gasteiger partial charge >= 0.3 is 0 Å². The molecule has 1 aliphatic rings. The Bertz CT molecular complexity index is 414. The van der Waals surface area contributed by atoms with Gasteiger partial charge in [-0.1, -0.05) is 37.0 Å². The molecule has 0 heterocycles. The van der Waals surface area contributed by atoms with Gasteiger partial charge < -0.3 is 14.8 Å². The first-order chi connectivity index (χ1) is 10.3. The highest BCUT2D eigenvalue weighted by Crippen LogP contribution is 2.20. The minimum Gasteiger partial charge on any atom is -0.496 e. The molecule has 3 heteroatoms. The van der Waals surface area contributed by atoms with Crippen LogP contribution in [0.2, 0.25) is 0 Å². The van der Waals surface area contributed by atoms with Crippen LogP contribution in [0.1, 0.15) is 49.7 Å². The second-order valence-electron chi connectivity index (χ2n) is 5.98. The minimum absolute atomic E-state index is 0.524. The van der Waals surface area contributed by atoms with Gasteiger partial charge in [-0.05, 0) is 38.8 Å². The molecule has 1 aromatic carbocycles. The molecule has 3 nitrogen and oxygen atoms in total. The first kappa shape index (κ1) is 16.3. The summed E-state index contributed by atoms with van der Waals surface area (Å²) in [6.07, 6.45) is 8.19. The third-order valence-electron chi connectivity index (χ3n) is 4.15. The molecule has 0 aromatic heterocycles. The van der Waals surface area contributed by atoms with Crippen molar-refractivity contribution < 1.29 is 9.47 Å². The van der Waals surface area contributed by atoms with Crippen molar-refractivity contribution in [2.24, 2.45) is 0 Å². The zero-order valence-corrected chi connectivity index (χ0v) is 13.5. The number of methoxy groups -OCH3 is 1. The van der Waals surface area contributed by atoms with Gasteiger partial charge in [0.1, 0.15) is 5.75 Å². The molecule has 21 heavy (non-hydrogen) atoms. The highest BCUT2D eigenvalue weighted by atomic mass is 16.5. The fraction of sp³-hybridized carbons (Fsp3) is 0.667. The molecule has 0 aliphatic heterocycles. The van der Waals surface area contributed by atoms with E-state index in [9.17, 15) is 0 Å². The summed E-state index contributed by atoms with van der Waals surface area (Å²) in [5, 5.41) is 3.48. The van der Waals surface area contributed by atoms with Gasteiger partial charge in [0.2, 0.25) is 0 Å². The maximum absolute atomic E-state index is 5.93. The second-order valence-corrected chi connectivity index (χ2v) is 5.98. The van der Waals surface area contributed by atoms with Crippen LogP contribution in [-0.4, -0.2) is 26.4 Å². The molecule has 0 atom stereocenters. The molecule has 1 aromatic rings. The van der Waals surface area contributed by atoms with E-state index in [1.807, 2.05) is 6.07 Å². The van der Waals surface area contributed by atoms with Crippen molar-refractivity contribution in [1.82, 2.24) is 5.32 Å². The topological polar surface area (TPSA) is 30.5 Å². The molecule has 0 unspecified atom stereocenters. The Hall–Kier alpha value is -1.06. The first-order valence-electron chi connectivity index (χ1n) is 8.25. The van der Waals surface area contributed by atoms with Crippen molar-refractivity contribution in [1.29, 1.82) is 0 Å². The number of ether oxygens (including phenoxy) is 2. The minimum atomic E-state index is 0.524. The lowest BCUT2D eigenvalue weighted by Crippen LogP contribution is -2.20. The number of rotatable bonds is 8. The molecule has 0 saturated heterocycles. The van der Waals surface area contributed by atoms with Crippen molar-refractivity contribution in [3.63, 3.8) is 0 Å². The molecule has 0 amide bonds. The standard InChI is InChI=1S/C18H29NO2/c1-15-9-10-18(20-2)16(13-15)14-19-11-6-12-21-17-7-4-3-5-8-17/h9-10,13,17,19H,3-8,11-12,14H2,1-2H3. The number of hydrogen-bond acceptors (Lipinski definition) is 3. The Morgan fingerprint density at radius 1 is 1.19 bits per heavy atom. The SMILES string of the molecule is COc1ccc(C)cc1CNCCCOC1CCCCC1. The van der Waals surface area contributed by atoms with Crippen LogP contribution < -0.4 is 10.1 Å². The Morgan fingerprint density at radius 2 is 2.00 bits per heavy atom. The summed E-state index contributed by atoms with van der Waals surface area (Å²) in [4.78, 5) is 0. The van der Waals surface area contributed by atoms with Crippen molar-refractivity contribution >= 4 is 0 Å². The Balaban J connectivity index is 1.60. The summed E-state index contributed by atoms with van der Waals surface area (Å²) >= 11 is 0. The second kappa shape index (κ2) is 9.06. The van der Waals surface area contributed by atoms with E-state index < -0.39 is 0 Å². The van der Waals surface area contributed by atoms with Crippen LogP contribution in [0.3, 0.4) is 0 Å². The Labute approximate surface area is 129 Å². The highest BCUT2D eigenvalue weighted by Gasteiger charge is 2.12. The summed E-state index contributed by atoms with van der Waals surface area (Å²) in [6.45, 7) is 4.83. The van der Waals surface area contributed by atoms with E-state index in [2.05, 4.69) is 24.4 Å². The molecule has 1 aliphatic carbocycles. The number of aryl methyl sites for hydroxylation is 1. The Morgan fingerprint density at radius 3 is 2.76 bits per heavy atom. The third-order valence-corrected chi connectivity index (χ3v) is 4.15. The summed E-state index contributed by atoms with van der Waals surface area (Å²) in [5.41, 5.74) is 2.50. The lowest BCUT2D eigenvalue weighted by atomic mass is 9.98. The molecule has 2 rings (SSSR count). The van der Waals surface area contributed by atoms with E-state index in [1.54, 1.807) is 7.11 Å². The van der Waals surface area contributed by atoms with Crippen LogP contribution in [0.4, 0.5) is 0 Å². The van der Waals surface area contributed by atoms with Crippen molar-refractivity contribution in [3.05, 3.63) is 29.3 Å². The van der Waals surface area contributed by atoms with Crippen LogP contribution in [0.15, 0.2) is 18.2 Å². The molecule has 0 spiro atoms. The molecule has 0 radical (unpaired) electrons. The van der Waals surface area contributed by atoms with E-state index >= 15 is 0 Å². The normalized spacial score (nSPS) is 16.1. The molecule has 0 bridgehead atoms. The average molecular weight is 291 g/mol. The van der Waals surface area contributed by atoms with E-state index in [4.69, 9.17) is 9.47 Å². The van der Waals surface area contributed by atoms with Gasteiger partial charge in [0.05, 0.1) is 13.2 Å². The van der Waals surface area contributed by atoms with Crippen molar-refractivity contribution in [2.45, 2.75) is 58.1 Å². The largest absolute Gasteiger partial charge is 0.496 e. The molecule has 1 fully saturated rings. The van der Waals surface area contributed by atoms with E-state index in [0.717, 1.165) is 31.9 Å². The monoisotopic (exact) mass is 291 g/mol. The first-order valence-corrected chi connectivity index (χ1v) is 8.25. The predicted octanol–water partition coefficient (Wildman–Crippen LogP) is 3.83. The number of hydrogen-bond donors (Lipinski definition) is 1. The summed E-state index contributed by atoms with van der Waals surface area (Å²) in [7, 11) is 1.73. The average Bonchev–Trinajstić information content (AvgIpc) is 2.52. The van der Waals surface area contributed by atoms with Gasteiger partial charge in [-0.3, -0.25) is 0 Å². The van der Waals surface area contributed by atoms with Gasteiger partial charge in [0, 0.05) is 18.7 Å². The van der Waals surface area contributed by atoms with Crippen LogP contribution in [0.5, 0.6) is 5.75 Å². The maximum Gasteiger partial charge on any atom is 0.123 e. The van der Waals surface area contributed by atoms with Crippen molar-refractivity contribution in [2.75, 3.05) is 20.3 Å². The van der Waals surface area contributed by atoms with Crippen LogP contribution in [0.25, 0.3) is 0 Å².